The lowest BCUT2D eigenvalue weighted by Gasteiger charge is -2.16. The van der Waals surface area contributed by atoms with Crippen molar-refractivity contribution in [2.45, 2.75) is 39.2 Å². The lowest BCUT2D eigenvalue weighted by atomic mass is 10.1. The van der Waals surface area contributed by atoms with Crippen molar-refractivity contribution in [3.05, 3.63) is 0 Å². The minimum atomic E-state index is 0.731. The van der Waals surface area contributed by atoms with Crippen molar-refractivity contribution in [1.82, 2.24) is 10.2 Å². The van der Waals surface area contributed by atoms with Crippen LogP contribution in [-0.4, -0.2) is 38.1 Å². The Bertz CT molecular complexity index is 91.8. The third-order valence-corrected chi connectivity index (χ3v) is 2.14. The van der Waals surface area contributed by atoms with Crippen molar-refractivity contribution in [2.24, 2.45) is 0 Å². The first-order valence-electron chi connectivity index (χ1n) is 5.08. The normalized spacial score (nSPS) is 13.8. The molecule has 0 aromatic heterocycles. The summed E-state index contributed by atoms with van der Waals surface area (Å²) in [5.74, 6) is 0. The third-order valence-electron chi connectivity index (χ3n) is 2.14. The molecule has 1 unspecified atom stereocenters. The van der Waals surface area contributed by atoms with E-state index in [0.717, 1.165) is 12.6 Å². The maximum Gasteiger partial charge on any atom is 0.00647 e. The van der Waals surface area contributed by atoms with E-state index in [1.54, 1.807) is 0 Å². The summed E-state index contributed by atoms with van der Waals surface area (Å²) in [7, 11) is 4.27. The molecular formula is C10H24N2. The zero-order chi connectivity index (χ0) is 9.40. The Hall–Kier alpha value is -0.0800. The molecular weight excluding hydrogens is 148 g/mol. The van der Waals surface area contributed by atoms with Crippen LogP contribution in [-0.2, 0) is 0 Å². The molecule has 0 heterocycles. The Morgan fingerprint density at radius 2 is 1.92 bits per heavy atom. The molecule has 2 nitrogen and oxygen atoms in total. The molecule has 0 saturated heterocycles. The van der Waals surface area contributed by atoms with E-state index < -0.39 is 0 Å². The van der Waals surface area contributed by atoms with Gasteiger partial charge in [-0.2, -0.15) is 0 Å². The van der Waals surface area contributed by atoms with Gasteiger partial charge in [0, 0.05) is 6.04 Å². The second-order valence-electron chi connectivity index (χ2n) is 3.61. The number of hydrogen-bond donors (Lipinski definition) is 1. The standard InChI is InChI=1S/C10H24N2/c1-5-10(11-6-2)8-7-9-12(3)4/h10-11H,5-9H2,1-4H3. The van der Waals surface area contributed by atoms with E-state index in [1.807, 2.05) is 0 Å². The fourth-order valence-corrected chi connectivity index (χ4v) is 1.39. The fraction of sp³-hybridized carbons (Fsp3) is 1.00. The molecule has 12 heavy (non-hydrogen) atoms. The summed E-state index contributed by atoms with van der Waals surface area (Å²) >= 11 is 0. The molecule has 0 amide bonds. The van der Waals surface area contributed by atoms with Crippen LogP contribution in [0.5, 0.6) is 0 Å². The van der Waals surface area contributed by atoms with Gasteiger partial charge in [-0.15, -0.1) is 0 Å². The zero-order valence-corrected chi connectivity index (χ0v) is 9.06. The predicted octanol–water partition coefficient (Wildman–Crippen LogP) is 1.72. The maximum atomic E-state index is 3.49. The molecule has 0 fully saturated rings. The summed E-state index contributed by atoms with van der Waals surface area (Å²) < 4.78 is 0. The van der Waals surface area contributed by atoms with E-state index in [9.17, 15) is 0 Å². The van der Waals surface area contributed by atoms with Crippen molar-refractivity contribution < 1.29 is 0 Å². The molecule has 0 bridgehead atoms. The van der Waals surface area contributed by atoms with Crippen molar-refractivity contribution >= 4 is 0 Å². The summed E-state index contributed by atoms with van der Waals surface area (Å²) in [5.41, 5.74) is 0. The summed E-state index contributed by atoms with van der Waals surface area (Å²) in [6.07, 6.45) is 3.86. The van der Waals surface area contributed by atoms with E-state index in [4.69, 9.17) is 0 Å². The molecule has 0 aromatic rings. The second kappa shape index (κ2) is 7.56. The van der Waals surface area contributed by atoms with Gasteiger partial charge in [0.1, 0.15) is 0 Å². The van der Waals surface area contributed by atoms with Crippen LogP contribution in [0.25, 0.3) is 0 Å². The van der Waals surface area contributed by atoms with E-state index in [0.29, 0.717) is 0 Å². The smallest absolute Gasteiger partial charge is 0.00647 e. The Kier molecular flexibility index (Phi) is 7.51. The van der Waals surface area contributed by atoms with E-state index in [2.05, 4.69) is 38.2 Å². The van der Waals surface area contributed by atoms with E-state index in [-0.39, 0.29) is 0 Å². The van der Waals surface area contributed by atoms with Crippen molar-refractivity contribution in [1.29, 1.82) is 0 Å². The van der Waals surface area contributed by atoms with Crippen LogP contribution in [0.4, 0.5) is 0 Å². The van der Waals surface area contributed by atoms with Crippen LogP contribution in [0, 0.1) is 0 Å². The van der Waals surface area contributed by atoms with Gasteiger partial charge in [-0.3, -0.25) is 0 Å². The summed E-state index contributed by atoms with van der Waals surface area (Å²) in [5, 5.41) is 3.49. The topological polar surface area (TPSA) is 15.3 Å². The van der Waals surface area contributed by atoms with Crippen LogP contribution < -0.4 is 5.32 Å². The molecule has 0 saturated carbocycles. The largest absolute Gasteiger partial charge is 0.314 e. The first kappa shape index (κ1) is 11.9. The number of rotatable bonds is 7. The molecule has 0 aliphatic rings. The van der Waals surface area contributed by atoms with Gasteiger partial charge in [0.05, 0.1) is 0 Å². The van der Waals surface area contributed by atoms with Crippen LogP contribution in [0.15, 0.2) is 0 Å². The molecule has 0 aromatic carbocycles. The molecule has 1 atom stereocenters. The lowest BCUT2D eigenvalue weighted by Crippen LogP contribution is -2.29. The van der Waals surface area contributed by atoms with Crippen LogP contribution in [0.3, 0.4) is 0 Å². The molecule has 0 rings (SSSR count). The van der Waals surface area contributed by atoms with Gasteiger partial charge in [-0.25, -0.2) is 0 Å². The Labute approximate surface area is 77.3 Å². The third kappa shape index (κ3) is 6.62. The second-order valence-corrected chi connectivity index (χ2v) is 3.61. The van der Waals surface area contributed by atoms with Gasteiger partial charge < -0.3 is 10.2 Å². The number of nitrogens with one attached hydrogen (secondary N) is 1. The van der Waals surface area contributed by atoms with Crippen LogP contribution in [0.2, 0.25) is 0 Å². The first-order valence-corrected chi connectivity index (χ1v) is 5.08. The highest BCUT2D eigenvalue weighted by Gasteiger charge is 2.03. The molecule has 74 valence electrons. The highest BCUT2D eigenvalue weighted by atomic mass is 15.0. The predicted molar refractivity (Wildman–Crippen MR) is 55.5 cm³/mol. The number of hydrogen-bond acceptors (Lipinski definition) is 2. The lowest BCUT2D eigenvalue weighted by molar-refractivity contribution is 0.369. The average Bonchev–Trinajstić information content (AvgIpc) is 2.02. The van der Waals surface area contributed by atoms with Gasteiger partial charge in [-0.1, -0.05) is 13.8 Å². The minimum Gasteiger partial charge on any atom is -0.314 e. The summed E-state index contributed by atoms with van der Waals surface area (Å²) in [6, 6.07) is 0.731. The van der Waals surface area contributed by atoms with Crippen molar-refractivity contribution in [3.8, 4) is 0 Å². The minimum absolute atomic E-state index is 0.731. The molecule has 0 radical (unpaired) electrons. The summed E-state index contributed by atoms with van der Waals surface area (Å²) in [4.78, 5) is 2.25. The van der Waals surface area contributed by atoms with E-state index >= 15 is 0 Å². The molecule has 1 N–H and O–H groups in total. The fourth-order valence-electron chi connectivity index (χ4n) is 1.39. The Morgan fingerprint density at radius 3 is 2.33 bits per heavy atom. The Balaban J connectivity index is 3.31. The van der Waals surface area contributed by atoms with Crippen molar-refractivity contribution in [3.63, 3.8) is 0 Å². The van der Waals surface area contributed by atoms with Gasteiger partial charge >= 0.3 is 0 Å². The molecule has 0 aliphatic carbocycles. The van der Waals surface area contributed by atoms with Gasteiger partial charge in [0.2, 0.25) is 0 Å². The maximum absolute atomic E-state index is 3.49. The van der Waals surface area contributed by atoms with Gasteiger partial charge in [0.25, 0.3) is 0 Å². The van der Waals surface area contributed by atoms with E-state index in [1.165, 1.54) is 25.8 Å². The highest BCUT2D eigenvalue weighted by molar-refractivity contribution is 4.63. The van der Waals surface area contributed by atoms with Crippen LogP contribution >= 0.6 is 0 Å². The monoisotopic (exact) mass is 172 g/mol. The first-order chi connectivity index (χ1) is 5.70. The van der Waals surface area contributed by atoms with Crippen LogP contribution in [0.1, 0.15) is 33.1 Å². The SMILES string of the molecule is CCNC(CC)CCCN(C)C. The van der Waals surface area contributed by atoms with Crippen molar-refractivity contribution in [2.75, 3.05) is 27.2 Å². The molecule has 0 aliphatic heterocycles. The van der Waals surface area contributed by atoms with Gasteiger partial charge in [-0.05, 0) is 46.4 Å². The Morgan fingerprint density at radius 1 is 1.25 bits per heavy atom. The average molecular weight is 172 g/mol. The van der Waals surface area contributed by atoms with Gasteiger partial charge in [0.15, 0.2) is 0 Å². The number of nitrogens with zero attached hydrogens (tertiary/aromatic N) is 1. The summed E-state index contributed by atoms with van der Waals surface area (Å²) in [6.45, 7) is 6.74. The highest BCUT2D eigenvalue weighted by Crippen LogP contribution is 2.01. The quantitative estimate of drug-likeness (QED) is 0.629. The molecule has 0 spiro atoms. The molecule has 2 heteroatoms. The zero-order valence-electron chi connectivity index (χ0n) is 9.06.